The van der Waals surface area contributed by atoms with Crippen molar-refractivity contribution < 1.29 is 13.9 Å². The van der Waals surface area contributed by atoms with Gasteiger partial charge in [-0.1, -0.05) is 26.0 Å². The van der Waals surface area contributed by atoms with Gasteiger partial charge in [0.15, 0.2) is 18.2 Å². The minimum absolute atomic E-state index is 0.0481. The van der Waals surface area contributed by atoms with Crippen molar-refractivity contribution in [2.24, 2.45) is 5.73 Å². The van der Waals surface area contributed by atoms with E-state index in [2.05, 4.69) is 5.32 Å². The summed E-state index contributed by atoms with van der Waals surface area (Å²) in [4.78, 5) is 11.5. The number of carbonyl (C=O) groups excluding carboxylic acids is 1. The summed E-state index contributed by atoms with van der Waals surface area (Å²) in [6.45, 7) is 4.34. The SMILES string of the molecule is CCCNC(=O)COc1c(F)cccc1CC(N)CC. The minimum Gasteiger partial charge on any atom is -0.480 e. The fraction of sp³-hybridized carbons (Fsp3) is 0.533. The molecular weight excluding hydrogens is 259 g/mol. The van der Waals surface area contributed by atoms with Gasteiger partial charge in [0.05, 0.1) is 0 Å². The molecule has 0 radical (unpaired) electrons. The molecule has 0 aliphatic rings. The van der Waals surface area contributed by atoms with Crippen LogP contribution in [-0.2, 0) is 11.2 Å². The first-order valence-corrected chi connectivity index (χ1v) is 7.00. The van der Waals surface area contributed by atoms with Gasteiger partial charge in [-0.2, -0.15) is 0 Å². The van der Waals surface area contributed by atoms with E-state index >= 15 is 0 Å². The monoisotopic (exact) mass is 282 g/mol. The maximum absolute atomic E-state index is 13.8. The molecule has 1 rings (SSSR count). The van der Waals surface area contributed by atoms with Crippen LogP contribution in [0.15, 0.2) is 18.2 Å². The summed E-state index contributed by atoms with van der Waals surface area (Å²) >= 11 is 0. The average molecular weight is 282 g/mol. The van der Waals surface area contributed by atoms with Crippen LogP contribution in [0.4, 0.5) is 4.39 Å². The Bertz CT molecular complexity index is 438. The van der Waals surface area contributed by atoms with Crippen molar-refractivity contribution in [2.45, 2.75) is 39.2 Å². The third kappa shape index (κ3) is 5.17. The molecule has 112 valence electrons. The van der Waals surface area contributed by atoms with E-state index in [-0.39, 0.29) is 24.3 Å². The maximum Gasteiger partial charge on any atom is 0.257 e. The fourth-order valence-electron chi connectivity index (χ4n) is 1.76. The highest BCUT2D eigenvalue weighted by molar-refractivity contribution is 5.77. The van der Waals surface area contributed by atoms with E-state index < -0.39 is 5.82 Å². The Morgan fingerprint density at radius 3 is 2.85 bits per heavy atom. The molecule has 0 saturated heterocycles. The second-order valence-corrected chi connectivity index (χ2v) is 4.74. The minimum atomic E-state index is -0.464. The van der Waals surface area contributed by atoms with Gasteiger partial charge in [0.2, 0.25) is 0 Å². The van der Waals surface area contributed by atoms with Gasteiger partial charge in [-0.3, -0.25) is 4.79 Å². The normalized spacial score (nSPS) is 12.0. The first-order chi connectivity index (χ1) is 9.58. The van der Waals surface area contributed by atoms with Gasteiger partial charge in [0, 0.05) is 12.6 Å². The molecule has 0 aliphatic heterocycles. The standard InChI is InChI=1S/C15H23FN2O2/c1-3-8-18-14(19)10-20-15-11(9-12(17)4-2)6-5-7-13(15)16/h5-7,12H,3-4,8-10,17H2,1-2H3,(H,18,19). The third-order valence-corrected chi connectivity index (χ3v) is 2.97. The number of hydrogen-bond donors (Lipinski definition) is 2. The van der Waals surface area contributed by atoms with Gasteiger partial charge in [0.1, 0.15) is 0 Å². The van der Waals surface area contributed by atoms with Crippen LogP contribution < -0.4 is 15.8 Å². The van der Waals surface area contributed by atoms with Crippen LogP contribution in [0.3, 0.4) is 0 Å². The molecule has 0 bridgehead atoms. The molecule has 1 aromatic rings. The second-order valence-electron chi connectivity index (χ2n) is 4.74. The summed E-state index contributed by atoms with van der Waals surface area (Å²) in [7, 11) is 0. The molecule has 1 atom stereocenters. The second kappa shape index (κ2) is 8.53. The molecule has 3 N–H and O–H groups in total. The number of amides is 1. The van der Waals surface area contributed by atoms with Gasteiger partial charge >= 0.3 is 0 Å². The lowest BCUT2D eigenvalue weighted by molar-refractivity contribution is -0.123. The van der Waals surface area contributed by atoms with Gasteiger partial charge in [0.25, 0.3) is 5.91 Å². The molecule has 0 aromatic heterocycles. The molecule has 0 spiro atoms. The summed E-state index contributed by atoms with van der Waals surface area (Å²) in [5.41, 5.74) is 6.59. The highest BCUT2D eigenvalue weighted by atomic mass is 19.1. The number of nitrogens with two attached hydrogens (primary N) is 1. The van der Waals surface area contributed by atoms with Crippen molar-refractivity contribution in [3.8, 4) is 5.75 Å². The molecule has 0 fully saturated rings. The molecule has 0 aliphatic carbocycles. The number of carbonyl (C=O) groups is 1. The number of para-hydroxylation sites is 1. The van der Waals surface area contributed by atoms with Gasteiger partial charge in [-0.05, 0) is 30.9 Å². The van der Waals surface area contributed by atoms with E-state index in [1.807, 2.05) is 13.8 Å². The third-order valence-electron chi connectivity index (χ3n) is 2.97. The lowest BCUT2D eigenvalue weighted by Gasteiger charge is -2.15. The quantitative estimate of drug-likeness (QED) is 0.766. The highest BCUT2D eigenvalue weighted by Gasteiger charge is 2.13. The van der Waals surface area contributed by atoms with Gasteiger partial charge in [-0.25, -0.2) is 4.39 Å². The number of halogens is 1. The van der Waals surface area contributed by atoms with Crippen molar-refractivity contribution in [3.05, 3.63) is 29.6 Å². The Morgan fingerprint density at radius 1 is 1.45 bits per heavy atom. The Labute approximate surface area is 119 Å². The smallest absolute Gasteiger partial charge is 0.257 e. The van der Waals surface area contributed by atoms with Gasteiger partial charge in [-0.15, -0.1) is 0 Å². The van der Waals surface area contributed by atoms with E-state index in [0.717, 1.165) is 12.8 Å². The van der Waals surface area contributed by atoms with Crippen LogP contribution >= 0.6 is 0 Å². The summed E-state index contributed by atoms with van der Waals surface area (Å²) in [6.07, 6.45) is 2.18. The molecule has 4 nitrogen and oxygen atoms in total. The summed E-state index contributed by atoms with van der Waals surface area (Å²) in [5.74, 6) is -0.585. The molecule has 1 aromatic carbocycles. The Balaban J connectivity index is 2.70. The van der Waals surface area contributed by atoms with E-state index in [1.54, 1.807) is 12.1 Å². The Kier molecular flexibility index (Phi) is 7.01. The zero-order chi connectivity index (χ0) is 15.0. The predicted molar refractivity (Wildman–Crippen MR) is 77.2 cm³/mol. The lowest BCUT2D eigenvalue weighted by Crippen LogP contribution is -2.30. The largest absolute Gasteiger partial charge is 0.480 e. The van der Waals surface area contributed by atoms with Crippen molar-refractivity contribution in [1.82, 2.24) is 5.32 Å². The van der Waals surface area contributed by atoms with Crippen molar-refractivity contribution in [3.63, 3.8) is 0 Å². The zero-order valence-electron chi connectivity index (χ0n) is 12.1. The van der Waals surface area contributed by atoms with E-state index in [1.165, 1.54) is 6.07 Å². The van der Waals surface area contributed by atoms with E-state index in [9.17, 15) is 9.18 Å². The average Bonchev–Trinajstić information content (AvgIpc) is 2.44. The van der Waals surface area contributed by atoms with E-state index in [0.29, 0.717) is 18.5 Å². The lowest BCUT2D eigenvalue weighted by atomic mass is 10.0. The van der Waals surface area contributed by atoms with Crippen molar-refractivity contribution >= 4 is 5.91 Å². The predicted octanol–water partition coefficient (Wildman–Crippen LogP) is 2.01. The van der Waals surface area contributed by atoms with Crippen LogP contribution in [0, 0.1) is 5.82 Å². The summed E-state index contributed by atoms with van der Waals surface area (Å²) in [5, 5.41) is 2.68. The topological polar surface area (TPSA) is 64.3 Å². The molecule has 0 heterocycles. The number of nitrogens with one attached hydrogen (secondary N) is 1. The number of rotatable bonds is 8. The summed E-state index contributed by atoms with van der Waals surface area (Å²) < 4.78 is 19.1. The maximum atomic E-state index is 13.8. The highest BCUT2D eigenvalue weighted by Crippen LogP contribution is 2.24. The molecule has 1 unspecified atom stereocenters. The van der Waals surface area contributed by atoms with Crippen molar-refractivity contribution in [2.75, 3.05) is 13.2 Å². The first kappa shape index (κ1) is 16.4. The molecule has 0 saturated carbocycles. The zero-order valence-corrected chi connectivity index (χ0v) is 12.1. The van der Waals surface area contributed by atoms with E-state index in [4.69, 9.17) is 10.5 Å². The van der Waals surface area contributed by atoms with Crippen LogP contribution in [0.2, 0.25) is 0 Å². The van der Waals surface area contributed by atoms with Crippen LogP contribution in [-0.4, -0.2) is 25.1 Å². The number of benzene rings is 1. The number of hydrogen-bond acceptors (Lipinski definition) is 3. The summed E-state index contributed by atoms with van der Waals surface area (Å²) in [6, 6.07) is 4.67. The molecule has 20 heavy (non-hydrogen) atoms. The van der Waals surface area contributed by atoms with Crippen LogP contribution in [0.1, 0.15) is 32.3 Å². The molecule has 1 amide bonds. The Morgan fingerprint density at radius 2 is 2.20 bits per heavy atom. The van der Waals surface area contributed by atoms with Crippen LogP contribution in [0.25, 0.3) is 0 Å². The first-order valence-electron chi connectivity index (χ1n) is 7.00. The fourth-order valence-corrected chi connectivity index (χ4v) is 1.76. The molecule has 5 heteroatoms. The van der Waals surface area contributed by atoms with Crippen LogP contribution in [0.5, 0.6) is 5.75 Å². The Hall–Kier alpha value is -1.62. The number of ether oxygens (including phenoxy) is 1. The van der Waals surface area contributed by atoms with Crippen molar-refractivity contribution in [1.29, 1.82) is 0 Å². The molecular formula is C15H23FN2O2. The van der Waals surface area contributed by atoms with Gasteiger partial charge < -0.3 is 15.8 Å².